The summed E-state index contributed by atoms with van der Waals surface area (Å²) in [6, 6.07) is 67.6. The smallest absolute Gasteiger partial charge is 0.307 e. The van der Waals surface area contributed by atoms with Crippen LogP contribution < -0.4 is 0 Å². The summed E-state index contributed by atoms with van der Waals surface area (Å²) in [5.74, 6) is 0. The van der Waals surface area contributed by atoms with E-state index >= 15 is 0 Å². The molecule has 0 aliphatic rings. The highest BCUT2D eigenvalue weighted by Crippen LogP contribution is 2.42. The van der Waals surface area contributed by atoms with Crippen LogP contribution in [0.5, 0.6) is 0 Å². The molecule has 0 aliphatic heterocycles. The van der Waals surface area contributed by atoms with Gasteiger partial charge in [0.2, 0.25) is 0 Å². The van der Waals surface area contributed by atoms with Gasteiger partial charge in [-0.15, -0.1) is 0 Å². The van der Waals surface area contributed by atoms with Gasteiger partial charge in [-0.1, -0.05) is 133 Å². The zero-order valence-corrected chi connectivity index (χ0v) is 28.6. The van der Waals surface area contributed by atoms with Crippen LogP contribution in [0.25, 0.3) is 99.8 Å². The minimum absolute atomic E-state index is 0.573. The van der Waals surface area contributed by atoms with E-state index < -0.39 is 0 Å². The molecule has 0 amide bonds. The molecule has 0 radical (unpaired) electrons. The maximum atomic E-state index is 6.31. The van der Waals surface area contributed by atoms with Crippen LogP contribution >= 0.6 is 0 Å². The molecule has 4 nitrogen and oxygen atoms in total. The number of hydrogen-bond donors (Lipinski definition) is 0. The molecule has 11 rings (SSSR count). The second kappa shape index (κ2) is 11.7. The third-order valence-electron chi connectivity index (χ3n) is 10.6. The number of para-hydroxylation sites is 4. The molecule has 3 aromatic heterocycles. The molecular formula is C49H31N3O. The Balaban J connectivity index is 1.13. The number of nitrogens with zero attached hydrogens (tertiary/aromatic N) is 3. The average molecular weight is 678 g/mol. The lowest BCUT2D eigenvalue weighted by atomic mass is 9.94. The first-order valence-corrected chi connectivity index (χ1v) is 18.0. The topological polar surface area (TPSA) is 35.9 Å². The fraction of sp³-hybridized carbons (Fsp3) is 0. The monoisotopic (exact) mass is 677 g/mol. The van der Waals surface area contributed by atoms with Gasteiger partial charge in [-0.2, -0.15) is 4.98 Å². The fourth-order valence-corrected chi connectivity index (χ4v) is 8.24. The first kappa shape index (κ1) is 29.5. The highest BCUT2D eigenvalue weighted by Gasteiger charge is 2.20. The molecule has 11 aromatic rings. The molecule has 3 heterocycles. The molecular weight excluding hydrogens is 647 g/mol. The lowest BCUT2D eigenvalue weighted by molar-refractivity contribution is 0.574. The fourth-order valence-electron chi connectivity index (χ4n) is 8.24. The van der Waals surface area contributed by atoms with Crippen LogP contribution in [0.4, 0.5) is 0 Å². The highest BCUT2D eigenvalue weighted by molar-refractivity contribution is 6.17. The number of oxazole rings is 1. The summed E-state index contributed by atoms with van der Waals surface area (Å²) in [7, 11) is 0. The number of hydrogen-bond acceptors (Lipinski definition) is 2. The van der Waals surface area contributed by atoms with E-state index in [4.69, 9.17) is 9.40 Å². The SMILES string of the molecule is c1ccc(-c2ccc(-n3c4ccccc4c4c(-c5ccc6c(c5)c5ccccc5n6-c5nc6ccccc6o5)cccc43)cc2-c2ccccc2)cc1. The molecule has 0 unspecified atom stereocenters. The minimum Gasteiger partial charge on any atom is -0.423 e. The van der Waals surface area contributed by atoms with Crippen molar-refractivity contribution < 1.29 is 4.42 Å². The normalized spacial score (nSPS) is 11.8. The van der Waals surface area contributed by atoms with E-state index in [0.717, 1.165) is 44.2 Å². The van der Waals surface area contributed by atoms with Gasteiger partial charge in [-0.3, -0.25) is 4.57 Å². The molecule has 0 N–H and O–H groups in total. The molecule has 0 spiro atoms. The van der Waals surface area contributed by atoms with Gasteiger partial charge < -0.3 is 8.98 Å². The van der Waals surface area contributed by atoms with E-state index in [-0.39, 0.29) is 0 Å². The summed E-state index contributed by atoms with van der Waals surface area (Å²) < 4.78 is 10.9. The van der Waals surface area contributed by atoms with Crippen molar-refractivity contribution >= 4 is 54.7 Å². The van der Waals surface area contributed by atoms with Crippen LogP contribution in [0.15, 0.2) is 192 Å². The zero-order chi connectivity index (χ0) is 34.9. The van der Waals surface area contributed by atoms with Crippen molar-refractivity contribution in [2.45, 2.75) is 0 Å². The van der Waals surface area contributed by atoms with Gasteiger partial charge in [0, 0.05) is 27.2 Å². The van der Waals surface area contributed by atoms with Crippen LogP contribution in [-0.2, 0) is 0 Å². The Morgan fingerprint density at radius 3 is 1.81 bits per heavy atom. The zero-order valence-electron chi connectivity index (χ0n) is 28.6. The number of aromatic nitrogens is 3. The third kappa shape index (κ3) is 4.59. The summed E-state index contributed by atoms with van der Waals surface area (Å²) in [6.45, 7) is 0. The Labute approximate surface area is 305 Å². The standard InChI is InChI=1S/C49H31N3O/c1-3-14-32(15-4-1)36-28-27-35(31-40(36)33-16-5-2-6-17-33)51-44-23-11-8-19-39(44)48-37(20-13-24-46(48)51)34-26-29-45-41(30-34)38-18-7-10-22-43(38)52(45)49-50-42-21-9-12-25-47(42)53-49/h1-31H. The van der Waals surface area contributed by atoms with E-state index in [1.165, 1.54) is 49.6 Å². The maximum absolute atomic E-state index is 6.31. The minimum atomic E-state index is 0.573. The lowest BCUT2D eigenvalue weighted by Crippen LogP contribution is -1.96. The molecule has 0 atom stereocenters. The predicted octanol–water partition coefficient (Wildman–Crippen LogP) is 13.0. The van der Waals surface area contributed by atoms with Crippen LogP contribution in [0.1, 0.15) is 0 Å². The summed E-state index contributed by atoms with van der Waals surface area (Å²) >= 11 is 0. The summed E-state index contributed by atoms with van der Waals surface area (Å²) in [4.78, 5) is 4.88. The number of benzene rings is 8. The van der Waals surface area contributed by atoms with Crippen molar-refractivity contribution in [1.29, 1.82) is 0 Å². The van der Waals surface area contributed by atoms with Crippen LogP contribution in [0.3, 0.4) is 0 Å². The van der Waals surface area contributed by atoms with E-state index in [9.17, 15) is 0 Å². The summed E-state index contributed by atoms with van der Waals surface area (Å²) in [5.41, 5.74) is 14.4. The second-order valence-corrected chi connectivity index (χ2v) is 13.6. The van der Waals surface area contributed by atoms with Crippen molar-refractivity contribution in [1.82, 2.24) is 14.1 Å². The van der Waals surface area contributed by atoms with Gasteiger partial charge in [0.15, 0.2) is 5.58 Å². The quantitative estimate of drug-likeness (QED) is 0.182. The Morgan fingerprint density at radius 1 is 0.377 bits per heavy atom. The van der Waals surface area contributed by atoms with Gasteiger partial charge in [-0.05, 0) is 88.0 Å². The number of fused-ring (bicyclic) bond motifs is 7. The molecule has 53 heavy (non-hydrogen) atoms. The van der Waals surface area contributed by atoms with E-state index in [2.05, 4.69) is 173 Å². The molecule has 4 heteroatoms. The van der Waals surface area contributed by atoms with Crippen LogP contribution in [0, 0.1) is 0 Å². The van der Waals surface area contributed by atoms with E-state index in [1.807, 2.05) is 24.3 Å². The molecule has 0 bridgehead atoms. The Morgan fingerprint density at radius 2 is 1.02 bits per heavy atom. The first-order valence-electron chi connectivity index (χ1n) is 18.0. The summed E-state index contributed by atoms with van der Waals surface area (Å²) in [5, 5.41) is 4.78. The summed E-state index contributed by atoms with van der Waals surface area (Å²) in [6.07, 6.45) is 0. The Hall–Kier alpha value is -7.17. The van der Waals surface area contributed by atoms with Gasteiger partial charge >= 0.3 is 6.01 Å². The van der Waals surface area contributed by atoms with Crippen molar-refractivity contribution in [3.63, 3.8) is 0 Å². The number of rotatable bonds is 5. The van der Waals surface area contributed by atoms with Crippen molar-refractivity contribution in [3.8, 4) is 45.1 Å². The van der Waals surface area contributed by atoms with Crippen LogP contribution in [0.2, 0.25) is 0 Å². The largest absolute Gasteiger partial charge is 0.423 e. The third-order valence-corrected chi connectivity index (χ3v) is 10.6. The van der Waals surface area contributed by atoms with Crippen LogP contribution in [-0.4, -0.2) is 14.1 Å². The van der Waals surface area contributed by atoms with E-state index in [0.29, 0.717) is 6.01 Å². The highest BCUT2D eigenvalue weighted by atomic mass is 16.4. The molecule has 0 aliphatic carbocycles. The van der Waals surface area contributed by atoms with E-state index in [1.54, 1.807) is 0 Å². The lowest BCUT2D eigenvalue weighted by Gasteiger charge is -2.15. The molecule has 0 fully saturated rings. The van der Waals surface area contributed by atoms with Gasteiger partial charge in [0.05, 0.1) is 22.1 Å². The maximum Gasteiger partial charge on any atom is 0.307 e. The first-order chi connectivity index (χ1) is 26.3. The predicted molar refractivity (Wildman–Crippen MR) is 219 cm³/mol. The molecule has 0 saturated carbocycles. The molecule has 0 saturated heterocycles. The Kier molecular flexibility index (Phi) is 6.52. The average Bonchev–Trinajstić information content (AvgIpc) is 3.91. The van der Waals surface area contributed by atoms with Crippen molar-refractivity contribution in [3.05, 3.63) is 188 Å². The molecule has 8 aromatic carbocycles. The van der Waals surface area contributed by atoms with Crippen molar-refractivity contribution in [2.24, 2.45) is 0 Å². The molecule has 248 valence electrons. The second-order valence-electron chi connectivity index (χ2n) is 13.6. The van der Waals surface area contributed by atoms with Gasteiger partial charge in [0.1, 0.15) is 5.52 Å². The van der Waals surface area contributed by atoms with Crippen molar-refractivity contribution in [2.75, 3.05) is 0 Å². The van der Waals surface area contributed by atoms with Gasteiger partial charge in [0.25, 0.3) is 0 Å². The van der Waals surface area contributed by atoms with Gasteiger partial charge in [-0.25, -0.2) is 0 Å². The Bertz CT molecular complexity index is 3130.